The molecular weight excluding hydrogens is 1120 g/mol. The Balaban J connectivity index is 5.43. The summed E-state index contributed by atoms with van der Waals surface area (Å²) < 4.78 is 17.5. The van der Waals surface area contributed by atoms with Crippen molar-refractivity contribution in [3.63, 3.8) is 0 Å². The molecule has 0 saturated heterocycles. The third-order valence-electron chi connectivity index (χ3n) is 19.3. The molecule has 0 atom stereocenters. The fourth-order valence-corrected chi connectivity index (χ4v) is 13.0. The Morgan fingerprint density at radius 1 is 0.176 bits per heavy atom. The Morgan fingerprint density at radius 2 is 0.308 bits per heavy atom. The zero-order valence-corrected chi connectivity index (χ0v) is 62.7. The van der Waals surface area contributed by atoms with Gasteiger partial charge in [0.15, 0.2) is 0 Å². The summed E-state index contributed by atoms with van der Waals surface area (Å²) in [4.78, 5) is 49.9. The van der Waals surface area contributed by atoms with Crippen LogP contribution in [0.25, 0.3) is 0 Å². The molecule has 0 unspecified atom stereocenters. The predicted molar refractivity (Wildman–Crippen MR) is 396 cm³/mol. The van der Waals surface area contributed by atoms with Crippen molar-refractivity contribution in [3.8, 4) is 0 Å². The zero-order valence-electron chi connectivity index (χ0n) is 62.7. The third kappa shape index (κ3) is 69.4. The van der Waals surface area contributed by atoms with Gasteiger partial charge in [-0.1, -0.05) is 311 Å². The first-order chi connectivity index (χ1) is 44.8. The van der Waals surface area contributed by atoms with E-state index in [9.17, 15) is 14.4 Å². The monoisotopic (exact) mass is 1290 g/mol. The summed E-state index contributed by atoms with van der Waals surface area (Å²) in [5, 5.41) is 0. The fraction of sp³-hybridized carbons (Fsp3) is 0.963. The molecule has 0 radical (unpaired) electrons. The van der Waals surface area contributed by atoms with Crippen molar-refractivity contribution in [1.29, 1.82) is 0 Å². The van der Waals surface area contributed by atoms with Crippen LogP contribution in [-0.2, 0) is 28.6 Å². The number of nitrogens with zero attached hydrogens (tertiary/aromatic N) is 4. The van der Waals surface area contributed by atoms with E-state index >= 15 is 0 Å². The standard InChI is InChI=1S/C81H162N4O6/c1-7-13-19-25-31-37-43-49-64-82(65-50-44-38-32-26-20-14-8-2)70-55-58-76-89-79(86)61-73-85(74-62-80(87)90-77-59-56-71-83(66-51-45-39-33-27-21-15-9-3)67-52-46-40-34-28-22-16-10-4)75-63-81(88)91-78-60-57-72-84(68-53-47-41-35-29-23-17-11-5)69-54-48-42-36-30-24-18-12-6/h7-78H2,1-6H3. The number of ether oxygens (including phenoxy) is 3. The van der Waals surface area contributed by atoms with E-state index in [0.717, 1.165) is 58.2 Å². The Morgan fingerprint density at radius 3 is 0.473 bits per heavy atom. The van der Waals surface area contributed by atoms with Crippen molar-refractivity contribution in [2.24, 2.45) is 0 Å². The highest BCUT2D eigenvalue weighted by Crippen LogP contribution is 2.17. The molecule has 91 heavy (non-hydrogen) atoms. The topological polar surface area (TPSA) is 91.9 Å². The number of hydrogen-bond donors (Lipinski definition) is 0. The maximum atomic E-state index is 13.3. The second kappa shape index (κ2) is 75.6. The van der Waals surface area contributed by atoms with E-state index < -0.39 is 0 Å². The molecule has 0 aromatic heterocycles. The normalized spacial score (nSPS) is 11.8. The predicted octanol–water partition coefficient (Wildman–Crippen LogP) is 23.2. The van der Waals surface area contributed by atoms with Crippen molar-refractivity contribution in [1.82, 2.24) is 19.6 Å². The van der Waals surface area contributed by atoms with Crippen LogP contribution in [0.3, 0.4) is 0 Å². The average molecular weight is 1290 g/mol. The lowest BCUT2D eigenvalue weighted by atomic mass is 10.1. The first-order valence-electron chi connectivity index (χ1n) is 41.2. The van der Waals surface area contributed by atoms with Gasteiger partial charge in [0.1, 0.15) is 0 Å². The van der Waals surface area contributed by atoms with Crippen LogP contribution in [0.4, 0.5) is 0 Å². The summed E-state index contributed by atoms with van der Waals surface area (Å²) in [6.45, 7) is 26.6. The number of esters is 3. The second-order valence-electron chi connectivity index (χ2n) is 28.2. The molecule has 0 bridgehead atoms. The van der Waals surface area contributed by atoms with Crippen LogP contribution in [0.2, 0.25) is 0 Å². The largest absolute Gasteiger partial charge is 0.466 e. The average Bonchev–Trinajstić information content (AvgIpc) is 3.59. The molecule has 542 valence electrons. The minimum Gasteiger partial charge on any atom is -0.466 e. The maximum absolute atomic E-state index is 13.3. The number of hydrogen-bond acceptors (Lipinski definition) is 10. The van der Waals surface area contributed by atoms with Crippen molar-refractivity contribution in [3.05, 3.63) is 0 Å². The Kier molecular flexibility index (Phi) is 74.2. The molecule has 0 amide bonds. The molecule has 0 aliphatic carbocycles. The maximum Gasteiger partial charge on any atom is 0.307 e. The van der Waals surface area contributed by atoms with E-state index in [4.69, 9.17) is 14.2 Å². The summed E-state index contributed by atoms with van der Waals surface area (Å²) in [6.07, 6.45) is 71.0. The number of unbranched alkanes of at least 4 members (excludes halogenated alkanes) is 45. The van der Waals surface area contributed by atoms with Gasteiger partial charge in [-0.05, 0) is 136 Å². The molecule has 0 aliphatic heterocycles. The lowest BCUT2D eigenvalue weighted by molar-refractivity contribution is -0.144. The van der Waals surface area contributed by atoms with Gasteiger partial charge in [-0.3, -0.25) is 14.4 Å². The summed E-state index contributed by atoms with van der Waals surface area (Å²) >= 11 is 0. The Labute approximate surface area is 569 Å². The molecular formula is C81H162N4O6. The number of rotatable bonds is 78. The highest BCUT2D eigenvalue weighted by atomic mass is 16.5. The van der Waals surface area contributed by atoms with Crippen molar-refractivity contribution >= 4 is 17.9 Å². The summed E-state index contributed by atoms with van der Waals surface area (Å²) in [5.41, 5.74) is 0. The lowest BCUT2D eigenvalue weighted by Gasteiger charge is -2.23. The van der Waals surface area contributed by atoms with Crippen molar-refractivity contribution in [2.45, 2.75) is 408 Å². The second-order valence-corrected chi connectivity index (χ2v) is 28.2. The van der Waals surface area contributed by atoms with Gasteiger partial charge in [0.05, 0.1) is 39.1 Å². The van der Waals surface area contributed by atoms with Gasteiger partial charge >= 0.3 is 17.9 Å². The first-order valence-corrected chi connectivity index (χ1v) is 41.2. The van der Waals surface area contributed by atoms with E-state index in [1.807, 2.05) is 0 Å². The Bertz CT molecular complexity index is 1230. The number of carbonyl (C=O) groups excluding carboxylic acids is 3. The SMILES string of the molecule is CCCCCCCCCCN(CCCCCCCCCC)CCCCOC(=O)CCN(CCC(=O)OCCCCN(CCCCCCCCCC)CCCCCCCCCC)CCC(=O)OCCCCN(CCCCCCCCCC)CCCCCCCCCC. The molecule has 0 N–H and O–H groups in total. The van der Waals surface area contributed by atoms with Gasteiger partial charge in [0, 0.05) is 19.6 Å². The van der Waals surface area contributed by atoms with Gasteiger partial charge in [-0.25, -0.2) is 0 Å². The minimum atomic E-state index is -0.206. The summed E-state index contributed by atoms with van der Waals surface area (Å²) in [6, 6.07) is 0. The van der Waals surface area contributed by atoms with Crippen LogP contribution < -0.4 is 0 Å². The molecule has 0 heterocycles. The molecule has 10 heteroatoms. The van der Waals surface area contributed by atoms with Crippen molar-refractivity contribution < 1.29 is 28.6 Å². The fourth-order valence-electron chi connectivity index (χ4n) is 13.0. The van der Waals surface area contributed by atoms with Gasteiger partial charge in [-0.2, -0.15) is 0 Å². The van der Waals surface area contributed by atoms with E-state index in [2.05, 4.69) is 61.1 Å². The molecule has 0 aromatic carbocycles. The molecule has 10 nitrogen and oxygen atoms in total. The van der Waals surface area contributed by atoms with Crippen LogP contribution in [0.15, 0.2) is 0 Å². The van der Waals surface area contributed by atoms with Crippen LogP contribution in [-0.4, -0.2) is 136 Å². The highest BCUT2D eigenvalue weighted by molar-refractivity contribution is 5.71. The number of carbonyl (C=O) groups is 3. The van der Waals surface area contributed by atoms with Crippen LogP contribution in [0.5, 0.6) is 0 Å². The molecule has 0 saturated carbocycles. The van der Waals surface area contributed by atoms with Crippen molar-refractivity contribution in [2.75, 3.05) is 98.4 Å². The molecule has 0 aromatic rings. The lowest BCUT2D eigenvalue weighted by Crippen LogP contribution is -2.32. The smallest absolute Gasteiger partial charge is 0.307 e. The van der Waals surface area contributed by atoms with Gasteiger partial charge in [0.25, 0.3) is 0 Å². The quantitative estimate of drug-likeness (QED) is 0.0333. The van der Waals surface area contributed by atoms with Crippen LogP contribution in [0.1, 0.15) is 408 Å². The minimum absolute atomic E-state index is 0.206. The third-order valence-corrected chi connectivity index (χ3v) is 19.3. The zero-order chi connectivity index (χ0) is 66.1. The Hall–Kier alpha value is -1.75. The van der Waals surface area contributed by atoms with E-state index in [-0.39, 0.29) is 37.2 Å². The van der Waals surface area contributed by atoms with E-state index in [0.29, 0.717) is 39.5 Å². The van der Waals surface area contributed by atoms with Gasteiger partial charge < -0.3 is 33.8 Å². The summed E-state index contributed by atoms with van der Waals surface area (Å²) in [5.74, 6) is -0.618. The van der Waals surface area contributed by atoms with Crippen LogP contribution >= 0.6 is 0 Å². The highest BCUT2D eigenvalue weighted by Gasteiger charge is 2.16. The van der Waals surface area contributed by atoms with E-state index in [1.165, 1.54) is 347 Å². The summed E-state index contributed by atoms with van der Waals surface area (Å²) in [7, 11) is 0. The van der Waals surface area contributed by atoms with Crippen LogP contribution in [0, 0.1) is 0 Å². The molecule has 0 aliphatic rings. The first kappa shape index (κ1) is 89.2. The van der Waals surface area contributed by atoms with E-state index in [1.54, 1.807) is 0 Å². The molecule has 0 fully saturated rings. The van der Waals surface area contributed by atoms with Gasteiger partial charge in [-0.15, -0.1) is 0 Å². The van der Waals surface area contributed by atoms with Gasteiger partial charge in [0.2, 0.25) is 0 Å². The molecule has 0 rings (SSSR count). The molecule has 0 spiro atoms.